The minimum atomic E-state index is -0.172. The van der Waals surface area contributed by atoms with Crippen molar-refractivity contribution < 1.29 is 9.50 Å². The molecule has 0 aliphatic carbocycles. The number of benzene rings is 1. The van der Waals surface area contributed by atoms with E-state index in [1.54, 1.807) is 12.1 Å². The topological polar surface area (TPSA) is 23.5 Å². The molecule has 0 spiro atoms. The summed E-state index contributed by atoms with van der Waals surface area (Å²) in [6.07, 6.45) is 1.46. The molecule has 0 saturated carbocycles. The van der Waals surface area contributed by atoms with E-state index in [2.05, 4.69) is 0 Å². The van der Waals surface area contributed by atoms with Crippen LogP contribution in [0, 0.1) is 5.82 Å². The Morgan fingerprint density at radius 3 is 2.53 bits per heavy atom. The quantitative estimate of drug-likeness (QED) is 0.807. The number of rotatable bonds is 5. The van der Waals surface area contributed by atoms with Crippen LogP contribution in [0.15, 0.2) is 24.3 Å². The van der Waals surface area contributed by atoms with Gasteiger partial charge < -0.3 is 10.0 Å². The van der Waals surface area contributed by atoms with Crippen LogP contribution in [0.2, 0.25) is 0 Å². The number of halogens is 1. The van der Waals surface area contributed by atoms with Crippen LogP contribution < -0.4 is 0 Å². The van der Waals surface area contributed by atoms with E-state index in [0.29, 0.717) is 12.0 Å². The van der Waals surface area contributed by atoms with E-state index in [0.717, 1.165) is 6.42 Å². The second kappa shape index (κ2) is 5.83. The molecular formula is C12H18FNO. The van der Waals surface area contributed by atoms with Crippen LogP contribution >= 0.6 is 0 Å². The van der Waals surface area contributed by atoms with Gasteiger partial charge in [-0.05, 0) is 33.0 Å². The number of aliphatic hydroxyl groups is 1. The lowest BCUT2D eigenvalue weighted by atomic mass is 10.0. The van der Waals surface area contributed by atoms with Gasteiger partial charge in [-0.3, -0.25) is 0 Å². The van der Waals surface area contributed by atoms with Crippen molar-refractivity contribution in [2.24, 2.45) is 0 Å². The second-order valence-corrected chi connectivity index (χ2v) is 3.87. The Bertz CT molecular complexity index is 301. The zero-order valence-electron chi connectivity index (χ0n) is 9.28. The molecule has 1 aromatic rings. The molecule has 0 radical (unpaired) electrons. The fourth-order valence-electron chi connectivity index (χ4n) is 1.72. The largest absolute Gasteiger partial charge is 0.396 e. The fourth-order valence-corrected chi connectivity index (χ4v) is 1.72. The molecule has 0 heterocycles. The molecular weight excluding hydrogens is 193 g/mol. The lowest BCUT2D eigenvalue weighted by Gasteiger charge is -2.24. The van der Waals surface area contributed by atoms with Crippen molar-refractivity contribution in [1.82, 2.24) is 4.90 Å². The van der Waals surface area contributed by atoms with E-state index < -0.39 is 0 Å². The third-order valence-corrected chi connectivity index (χ3v) is 2.52. The first kappa shape index (κ1) is 12.1. The molecule has 1 atom stereocenters. The molecule has 0 bridgehead atoms. The summed E-state index contributed by atoms with van der Waals surface area (Å²) in [6, 6.07) is 6.85. The van der Waals surface area contributed by atoms with E-state index in [4.69, 9.17) is 5.11 Å². The standard InChI is InChI=1S/C12H18FNO/c1-14(2)12(8-5-9-15)10-6-3-4-7-11(10)13/h3-4,6-7,12,15H,5,8-9H2,1-2H3. The van der Waals surface area contributed by atoms with Crippen LogP contribution in [0.1, 0.15) is 24.4 Å². The lowest BCUT2D eigenvalue weighted by molar-refractivity contribution is 0.232. The molecule has 1 N–H and O–H groups in total. The minimum absolute atomic E-state index is 0.0401. The van der Waals surface area contributed by atoms with Gasteiger partial charge in [0.25, 0.3) is 0 Å². The Labute approximate surface area is 90.3 Å². The van der Waals surface area contributed by atoms with Gasteiger partial charge in [0, 0.05) is 18.2 Å². The average Bonchev–Trinajstić information content (AvgIpc) is 2.20. The van der Waals surface area contributed by atoms with Crippen LogP contribution in [0.5, 0.6) is 0 Å². The third-order valence-electron chi connectivity index (χ3n) is 2.52. The first-order valence-electron chi connectivity index (χ1n) is 5.18. The van der Waals surface area contributed by atoms with Gasteiger partial charge in [-0.1, -0.05) is 18.2 Å². The lowest BCUT2D eigenvalue weighted by Crippen LogP contribution is -2.21. The van der Waals surface area contributed by atoms with Crippen LogP contribution in [0.3, 0.4) is 0 Å². The van der Waals surface area contributed by atoms with Crippen LogP contribution in [0.25, 0.3) is 0 Å². The smallest absolute Gasteiger partial charge is 0.127 e. The van der Waals surface area contributed by atoms with Crippen molar-refractivity contribution in [2.75, 3.05) is 20.7 Å². The van der Waals surface area contributed by atoms with Gasteiger partial charge in [-0.2, -0.15) is 0 Å². The summed E-state index contributed by atoms with van der Waals surface area (Å²) in [6.45, 7) is 0.152. The molecule has 3 heteroatoms. The van der Waals surface area contributed by atoms with Gasteiger partial charge in [0.1, 0.15) is 5.82 Å². The molecule has 2 nitrogen and oxygen atoms in total. The molecule has 0 aliphatic rings. The number of aliphatic hydroxyl groups excluding tert-OH is 1. The molecule has 0 aromatic heterocycles. The summed E-state index contributed by atoms with van der Waals surface area (Å²) >= 11 is 0. The van der Waals surface area contributed by atoms with Gasteiger partial charge >= 0.3 is 0 Å². The maximum Gasteiger partial charge on any atom is 0.127 e. The van der Waals surface area contributed by atoms with E-state index in [-0.39, 0.29) is 18.5 Å². The summed E-state index contributed by atoms with van der Waals surface area (Å²) in [7, 11) is 3.85. The fraction of sp³-hybridized carbons (Fsp3) is 0.500. The third kappa shape index (κ3) is 3.29. The van der Waals surface area contributed by atoms with E-state index in [9.17, 15) is 4.39 Å². The molecule has 0 saturated heterocycles. The number of hydrogen-bond acceptors (Lipinski definition) is 2. The van der Waals surface area contributed by atoms with Gasteiger partial charge in [0.05, 0.1) is 0 Å². The molecule has 1 rings (SSSR count). The highest BCUT2D eigenvalue weighted by molar-refractivity contribution is 5.21. The summed E-state index contributed by atoms with van der Waals surface area (Å²) in [4.78, 5) is 1.98. The average molecular weight is 211 g/mol. The molecule has 0 aliphatic heterocycles. The molecule has 0 amide bonds. The Hall–Kier alpha value is -0.930. The van der Waals surface area contributed by atoms with Crippen molar-refractivity contribution in [3.8, 4) is 0 Å². The van der Waals surface area contributed by atoms with Gasteiger partial charge in [0.15, 0.2) is 0 Å². The maximum absolute atomic E-state index is 13.5. The van der Waals surface area contributed by atoms with Crippen molar-refractivity contribution in [1.29, 1.82) is 0 Å². The Morgan fingerprint density at radius 2 is 2.00 bits per heavy atom. The van der Waals surface area contributed by atoms with Crippen LogP contribution in [0.4, 0.5) is 4.39 Å². The van der Waals surface area contributed by atoms with Gasteiger partial charge in [-0.15, -0.1) is 0 Å². The number of nitrogens with zero attached hydrogens (tertiary/aromatic N) is 1. The highest BCUT2D eigenvalue weighted by atomic mass is 19.1. The molecule has 1 aromatic carbocycles. The second-order valence-electron chi connectivity index (χ2n) is 3.87. The zero-order chi connectivity index (χ0) is 11.3. The predicted molar refractivity (Wildman–Crippen MR) is 59.1 cm³/mol. The normalized spacial score (nSPS) is 13.1. The van der Waals surface area contributed by atoms with Crippen molar-refractivity contribution in [3.63, 3.8) is 0 Å². The molecule has 15 heavy (non-hydrogen) atoms. The summed E-state index contributed by atoms with van der Waals surface area (Å²) in [5, 5.41) is 8.80. The predicted octanol–water partition coefficient (Wildman–Crippen LogP) is 2.20. The Morgan fingerprint density at radius 1 is 1.33 bits per heavy atom. The molecule has 84 valence electrons. The molecule has 0 fully saturated rings. The monoisotopic (exact) mass is 211 g/mol. The number of hydrogen-bond donors (Lipinski definition) is 1. The van der Waals surface area contributed by atoms with Crippen molar-refractivity contribution in [2.45, 2.75) is 18.9 Å². The summed E-state index contributed by atoms with van der Waals surface area (Å²) in [5.74, 6) is -0.172. The summed E-state index contributed by atoms with van der Waals surface area (Å²) < 4.78 is 13.5. The SMILES string of the molecule is CN(C)C(CCCO)c1ccccc1F. The van der Waals surface area contributed by atoms with Crippen molar-refractivity contribution >= 4 is 0 Å². The highest BCUT2D eigenvalue weighted by Gasteiger charge is 2.16. The first-order valence-corrected chi connectivity index (χ1v) is 5.18. The van der Waals surface area contributed by atoms with E-state index in [1.165, 1.54) is 6.07 Å². The zero-order valence-corrected chi connectivity index (χ0v) is 9.28. The van der Waals surface area contributed by atoms with E-state index >= 15 is 0 Å². The molecule has 1 unspecified atom stereocenters. The van der Waals surface area contributed by atoms with E-state index in [1.807, 2.05) is 25.1 Å². The van der Waals surface area contributed by atoms with Gasteiger partial charge in [-0.25, -0.2) is 4.39 Å². The van der Waals surface area contributed by atoms with Gasteiger partial charge in [0.2, 0.25) is 0 Å². The highest BCUT2D eigenvalue weighted by Crippen LogP contribution is 2.25. The Kier molecular flexibility index (Phi) is 4.72. The summed E-state index contributed by atoms with van der Waals surface area (Å²) in [5.41, 5.74) is 0.705. The first-order chi connectivity index (χ1) is 7.16. The van der Waals surface area contributed by atoms with Crippen molar-refractivity contribution in [3.05, 3.63) is 35.6 Å². The van der Waals surface area contributed by atoms with Crippen LogP contribution in [-0.2, 0) is 0 Å². The Balaban J connectivity index is 2.84. The maximum atomic E-state index is 13.5. The minimum Gasteiger partial charge on any atom is -0.396 e. The van der Waals surface area contributed by atoms with Crippen LogP contribution in [-0.4, -0.2) is 30.7 Å².